The van der Waals surface area contributed by atoms with Crippen LogP contribution in [-0.4, -0.2) is 71.1 Å². The van der Waals surface area contributed by atoms with E-state index in [0.717, 1.165) is 92.2 Å². The summed E-state index contributed by atoms with van der Waals surface area (Å²) >= 11 is 0. The summed E-state index contributed by atoms with van der Waals surface area (Å²) in [6.07, 6.45) is 6.40. The monoisotopic (exact) mass is 566 g/mol. The number of pyridine rings is 1. The number of imidazole rings is 1. The molecule has 3 heterocycles. The lowest BCUT2D eigenvalue weighted by Gasteiger charge is -2.38. The van der Waals surface area contributed by atoms with Crippen molar-refractivity contribution in [3.8, 4) is 28.1 Å². The second-order valence-electron chi connectivity index (χ2n) is 11.7. The van der Waals surface area contributed by atoms with Crippen LogP contribution in [0.2, 0.25) is 0 Å². The number of piperazine rings is 1. The van der Waals surface area contributed by atoms with Crippen LogP contribution in [0.4, 0.5) is 0 Å². The standard InChI is InChI=1S/C35H42N4O3/c1-4-42-31-10-5-7-27(21-31)29-15-16-33-36-34(26-13-11-25(2)12-14-26)32(39(33)23-29)24-37-17-19-38(20-18-37)35(40)28-8-6-9-30(22-28)41-3/h5,7,10-16,21,23,28,30H,4,6,8-9,17-20,22,24H2,1-3H3/t28-,30+/m1/s1. The highest BCUT2D eigenvalue weighted by molar-refractivity contribution is 5.79. The summed E-state index contributed by atoms with van der Waals surface area (Å²) in [5.41, 5.74) is 7.71. The zero-order valence-corrected chi connectivity index (χ0v) is 25.1. The molecular formula is C35H42N4O3. The maximum absolute atomic E-state index is 13.3. The fourth-order valence-electron chi connectivity index (χ4n) is 6.47. The van der Waals surface area contributed by atoms with Crippen molar-refractivity contribution in [1.29, 1.82) is 0 Å². The number of hydrogen-bond acceptors (Lipinski definition) is 5. The van der Waals surface area contributed by atoms with E-state index in [1.165, 1.54) is 11.3 Å². The first kappa shape index (κ1) is 28.4. The highest BCUT2D eigenvalue weighted by Crippen LogP contribution is 2.31. The van der Waals surface area contributed by atoms with Crippen molar-refractivity contribution in [2.45, 2.75) is 52.2 Å². The molecule has 7 heteroatoms. The number of carbonyl (C=O) groups is 1. The lowest BCUT2D eigenvalue weighted by atomic mass is 9.86. The molecule has 2 atom stereocenters. The molecule has 0 unspecified atom stereocenters. The third-order valence-electron chi connectivity index (χ3n) is 8.89. The fraction of sp³-hybridized carbons (Fsp3) is 0.429. The molecule has 220 valence electrons. The van der Waals surface area contributed by atoms with E-state index < -0.39 is 0 Å². The topological polar surface area (TPSA) is 59.3 Å². The zero-order valence-electron chi connectivity index (χ0n) is 25.1. The highest BCUT2D eigenvalue weighted by atomic mass is 16.5. The number of methoxy groups -OCH3 is 1. The molecule has 0 spiro atoms. The van der Waals surface area contributed by atoms with E-state index >= 15 is 0 Å². The van der Waals surface area contributed by atoms with Gasteiger partial charge in [0.1, 0.15) is 11.4 Å². The number of carbonyl (C=O) groups excluding carboxylic acids is 1. The lowest BCUT2D eigenvalue weighted by molar-refractivity contribution is -0.140. The molecule has 42 heavy (non-hydrogen) atoms. The number of nitrogens with zero attached hydrogens (tertiary/aromatic N) is 4. The number of benzene rings is 2. The van der Waals surface area contributed by atoms with Crippen molar-refractivity contribution in [3.05, 3.63) is 78.1 Å². The molecule has 2 fully saturated rings. The van der Waals surface area contributed by atoms with Crippen molar-refractivity contribution in [1.82, 2.24) is 19.2 Å². The van der Waals surface area contributed by atoms with Crippen LogP contribution in [-0.2, 0) is 16.1 Å². The number of rotatable bonds is 8. The van der Waals surface area contributed by atoms with Crippen LogP contribution in [0.25, 0.3) is 28.0 Å². The predicted octanol–water partition coefficient (Wildman–Crippen LogP) is 6.22. The summed E-state index contributed by atoms with van der Waals surface area (Å²) < 4.78 is 13.6. The molecule has 1 saturated heterocycles. The molecule has 0 N–H and O–H groups in total. The summed E-state index contributed by atoms with van der Waals surface area (Å²) in [5, 5.41) is 0. The van der Waals surface area contributed by atoms with Gasteiger partial charge in [0.25, 0.3) is 0 Å². The van der Waals surface area contributed by atoms with Crippen molar-refractivity contribution >= 4 is 11.6 Å². The Bertz CT molecular complexity index is 1520. The normalized spacial score (nSPS) is 19.7. The summed E-state index contributed by atoms with van der Waals surface area (Å²) in [6.45, 7) is 8.75. The fourth-order valence-corrected chi connectivity index (χ4v) is 6.47. The van der Waals surface area contributed by atoms with Crippen LogP contribution in [0.15, 0.2) is 66.9 Å². The van der Waals surface area contributed by atoms with Crippen LogP contribution >= 0.6 is 0 Å². The summed E-state index contributed by atoms with van der Waals surface area (Å²) in [6, 6.07) is 21.1. The summed E-state index contributed by atoms with van der Waals surface area (Å²) in [4.78, 5) is 23.0. The second kappa shape index (κ2) is 12.7. The minimum Gasteiger partial charge on any atom is -0.494 e. The van der Waals surface area contributed by atoms with Gasteiger partial charge in [0.05, 0.1) is 24.1 Å². The Hall–Kier alpha value is -3.68. The molecule has 6 rings (SSSR count). The number of ether oxygens (including phenoxy) is 2. The first-order valence-corrected chi connectivity index (χ1v) is 15.4. The summed E-state index contributed by atoms with van der Waals surface area (Å²) in [7, 11) is 1.77. The van der Waals surface area contributed by atoms with Gasteiger partial charge in [-0.15, -0.1) is 0 Å². The minimum absolute atomic E-state index is 0.0989. The van der Waals surface area contributed by atoms with Gasteiger partial charge in [-0.3, -0.25) is 9.69 Å². The Morgan fingerprint density at radius 2 is 1.74 bits per heavy atom. The quantitative estimate of drug-likeness (QED) is 0.253. The summed E-state index contributed by atoms with van der Waals surface area (Å²) in [5.74, 6) is 1.28. The molecule has 1 aliphatic carbocycles. The average Bonchev–Trinajstić information content (AvgIpc) is 3.39. The third-order valence-corrected chi connectivity index (χ3v) is 8.89. The maximum atomic E-state index is 13.3. The van der Waals surface area contributed by atoms with Crippen molar-refractivity contribution < 1.29 is 14.3 Å². The SMILES string of the molecule is CCOc1cccc(-c2ccc3nc(-c4ccc(C)cc4)c(CN4CCN(C(=O)[C@@H]5CCC[C@H](OC)C5)CC4)n3c2)c1. The van der Waals surface area contributed by atoms with Gasteiger partial charge in [-0.2, -0.15) is 0 Å². The number of aryl methyl sites for hydroxylation is 1. The van der Waals surface area contributed by atoms with Gasteiger partial charge in [0, 0.05) is 57.5 Å². The minimum atomic E-state index is 0.0989. The Kier molecular flexibility index (Phi) is 8.58. The van der Waals surface area contributed by atoms with Gasteiger partial charge in [-0.1, -0.05) is 48.4 Å². The molecule has 7 nitrogen and oxygen atoms in total. The molecule has 0 bridgehead atoms. The molecule has 1 saturated carbocycles. The lowest BCUT2D eigenvalue weighted by Crippen LogP contribution is -2.50. The number of hydrogen-bond donors (Lipinski definition) is 0. The van der Waals surface area contributed by atoms with Crippen LogP contribution < -0.4 is 4.74 Å². The molecule has 1 amide bonds. The van der Waals surface area contributed by atoms with Gasteiger partial charge < -0.3 is 18.8 Å². The Morgan fingerprint density at radius 3 is 2.50 bits per heavy atom. The first-order chi connectivity index (χ1) is 20.5. The van der Waals surface area contributed by atoms with Crippen LogP contribution in [0.1, 0.15) is 43.9 Å². The van der Waals surface area contributed by atoms with Crippen molar-refractivity contribution in [2.24, 2.45) is 5.92 Å². The number of aromatic nitrogens is 2. The molecule has 2 aromatic carbocycles. The van der Waals surface area contributed by atoms with E-state index in [2.05, 4.69) is 75.9 Å². The molecule has 0 radical (unpaired) electrons. The molecule has 1 aliphatic heterocycles. The van der Waals surface area contributed by atoms with Gasteiger partial charge in [-0.05, 0) is 68.5 Å². The first-order valence-electron chi connectivity index (χ1n) is 15.4. The number of amides is 1. The van der Waals surface area contributed by atoms with Crippen molar-refractivity contribution in [3.63, 3.8) is 0 Å². The third kappa shape index (κ3) is 6.08. The maximum Gasteiger partial charge on any atom is 0.225 e. The molecular weight excluding hydrogens is 524 g/mol. The van der Waals surface area contributed by atoms with Gasteiger partial charge in [-0.25, -0.2) is 4.98 Å². The highest BCUT2D eigenvalue weighted by Gasteiger charge is 2.32. The molecule has 4 aromatic rings. The second-order valence-corrected chi connectivity index (χ2v) is 11.7. The zero-order chi connectivity index (χ0) is 29.1. The molecule has 2 aliphatic rings. The van der Waals surface area contributed by atoms with E-state index in [1.54, 1.807) is 7.11 Å². The van der Waals surface area contributed by atoms with Gasteiger partial charge in [0.15, 0.2) is 0 Å². The van der Waals surface area contributed by atoms with Crippen LogP contribution in [0.5, 0.6) is 5.75 Å². The van der Waals surface area contributed by atoms with Crippen LogP contribution in [0, 0.1) is 12.8 Å². The Labute approximate surface area is 249 Å². The number of fused-ring (bicyclic) bond motifs is 1. The van der Waals surface area contributed by atoms with E-state index in [9.17, 15) is 4.79 Å². The van der Waals surface area contributed by atoms with E-state index in [4.69, 9.17) is 14.5 Å². The van der Waals surface area contributed by atoms with E-state index in [1.807, 2.05) is 19.1 Å². The van der Waals surface area contributed by atoms with Gasteiger partial charge >= 0.3 is 0 Å². The van der Waals surface area contributed by atoms with Crippen molar-refractivity contribution in [2.75, 3.05) is 39.9 Å². The van der Waals surface area contributed by atoms with E-state index in [-0.39, 0.29) is 12.0 Å². The Balaban J connectivity index is 1.26. The van der Waals surface area contributed by atoms with E-state index in [0.29, 0.717) is 12.5 Å². The average molecular weight is 567 g/mol. The predicted molar refractivity (Wildman–Crippen MR) is 167 cm³/mol. The largest absolute Gasteiger partial charge is 0.494 e. The van der Waals surface area contributed by atoms with Gasteiger partial charge in [0.2, 0.25) is 5.91 Å². The molecule has 2 aromatic heterocycles. The van der Waals surface area contributed by atoms with Crippen LogP contribution in [0.3, 0.4) is 0 Å². The Morgan fingerprint density at radius 1 is 0.952 bits per heavy atom. The smallest absolute Gasteiger partial charge is 0.225 e.